The van der Waals surface area contributed by atoms with Crippen molar-refractivity contribution < 1.29 is 33.8 Å². The summed E-state index contributed by atoms with van der Waals surface area (Å²) in [5, 5.41) is 20.3. The van der Waals surface area contributed by atoms with Crippen molar-refractivity contribution in [3.8, 4) is 0 Å². The summed E-state index contributed by atoms with van der Waals surface area (Å²) in [5.41, 5.74) is -0.645. The summed E-state index contributed by atoms with van der Waals surface area (Å²) in [5.74, 6) is 0. The molecule has 2 aromatic rings. The molecule has 1 aromatic carbocycles. The summed E-state index contributed by atoms with van der Waals surface area (Å²) >= 11 is 0. The molecule has 156 valence electrons. The first-order chi connectivity index (χ1) is 13.7. The van der Waals surface area contributed by atoms with Gasteiger partial charge in [0.2, 0.25) is 0 Å². The molecule has 0 amide bonds. The normalized spacial score (nSPS) is 25.0. The lowest BCUT2D eigenvalue weighted by molar-refractivity contribution is -0.0543. The fourth-order valence-electron chi connectivity index (χ4n) is 2.83. The molecular formula is C17H19N2O9P. The third-order valence-electron chi connectivity index (χ3n) is 4.27. The predicted octanol–water partition coefficient (Wildman–Crippen LogP) is -0.564. The van der Waals surface area contributed by atoms with Gasteiger partial charge in [0.15, 0.2) is 6.23 Å². The first-order valence-corrected chi connectivity index (χ1v) is 9.99. The summed E-state index contributed by atoms with van der Waals surface area (Å²) < 4.78 is 21.4. The Labute approximate surface area is 163 Å². The zero-order chi connectivity index (χ0) is 21.2. The van der Waals surface area contributed by atoms with Crippen LogP contribution in [0.5, 0.6) is 0 Å². The highest BCUT2D eigenvalue weighted by molar-refractivity contribution is 7.46. The third kappa shape index (κ3) is 5.17. The molecule has 4 atom stereocenters. The van der Waals surface area contributed by atoms with E-state index in [1.807, 2.05) is 30.3 Å². The van der Waals surface area contributed by atoms with E-state index < -0.39 is 50.2 Å². The van der Waals surface area contributed by atoms with Gasteiger partial charge in [-0.1, -0.05) is 36.4 Å². The summed E-state index contributed by atoms with van der Waals surface area (Å²) in [6, 6.07) is 9.09. The molecular weight excluding hydrogens is 407 g/mol. The van der Waals surface area contributed by atoms with Crippen molar-refractivity contribution in [2.75, 3.05) is 6.61 Å². The van der Waals surface area contributed by atoms with E-state index in [2.05, 4.69) is 9.51 Å². The van der Waals surface area contributed by atoms with Gasteiger partial charge in [-0.25, -0.2) is 9.36 Å². The predicted molar refractivity (Wildman–Crippen MR) is 101 cm³/mol. The molecule has 1 saturated heterocycles. The van der Waals surface area contributed by atoms with Crippen LogP contribution >= 0.6 is 7.82 Å². The van der Waals surface area contributed by atoms with Gasteiger partial charge in [-0.15, -0.1) is 0 Å². The third-order valence-corrected chi connectivity index (χ3v) is 4.75. The Morgan fingerprint density at radius 2 is 1.83 bits per heavy atom. The van der Waals surface area contributed by atoms with Gasteiger partial charge in [-0.05, 0) is 11.6 Å². The molecule has 1 aliphatic heterocycles. The molecule has 1 fully saturated rings. The summed E-state index contributed by atoms with van der Waals surface area (Å²) in [6.07, 6.45) is -1.60. The molecule has 0 unspecified atom stereocenters. The van der Waals surface area contributed by atoms with Crippen LogP contribution in [0.3, 0.4) is 0 Å². The van der Waals surface area contributed by atoms with Gasteiger partial charge in [0.25, 0.3) is 5.56 Å². The van der Waals surface area contributed by atoms with Crippen LogP contribution in [-0.4, -0.2) is 54.5 Å². The fourth-order valence-corrected chi connectivity index (χ4v) is 3.17. The minimum Gasteiger partial charge on any atom is -0.387 e. The monoisotopic (exact) mass is 426 g/mol. The summed E-state index contributed by atoms with van der Waals surface area (Å²) in [6.45, 7) is -0.710. The van der Waals surface area contributed by atoms with E-state index in [0.717, 1.165) is 16.3 Å². The maximum atomic E-state index is 12.2. The highest BCUT2D eigenvalue weighted by Gasteiger charge is 2.45. The smallest absolute Gasteiger partial charge is 0.387 e. The fraction of sp³-hybridized carbons (Fsp3) is 0.294. The van der Waals surface area contributed by atoms with Crippen LogP contribution in [0, 0.1) is 0 Å². The van der Waals surface area contributed by atoms with Crippen molar-refractivity contribution in [2.24, 2.45) is 0 Å². The minimum absolute atomic E-state index is 0.0914. The first kappa shape index (κ1) is 21.3. The number of aromatic nitrogens is 2. The largest absolute Gasteiger partial charge is 0.469 e. The number of aliphatic hydroxyl groups excluding tert-OH is 2. The average Bonchev–Trinajstić information content (AvgIpc) is 2.94. The molecule has 5 N–H and O–H groups in total. The van der Waals surface area contributed by atoms with Gasteiger partial charge in [-0.3, -0.25) is 18.9 Å². The van der Waals surface area contributed by atoms with Crippen molar-refractivity contribution in [1.29, 1.82) is 0 Å². The van der Waals surface area contributed by atoms with E-state index in [-0.39, 0.29) is 5.56 Å². The van der Waals surface area contributed by atoms with Gasteiger partial charge in [0.05, 0.1) is 12.2 Å². The Balaban J connectivity index is 1.86. The molecule has 29 heavy (non-hydrogen) atoms. The number of benzene rings is 1. The maximum Gasteiger partial charge on any atom is 0.469 e. The molecule has 1 aliphatic rings. The Bertz CT molecular complexity index is 1040. The number of ether oxygens (including phenoxy) is 1. The molecule has 3 rings (SSSR count). The van der Waals surface area contributed by atoms with Gasteiger partial charge < -0.3 is 24.7 Å². The number of phosphoric acid groups is 1. The molecule has 12 heteroatoms. The highest BCUT2D eigenvalue weighted by atomic mass is 31.2. The number of hydrogen-bond acceptors (Lipinski definition) is 7. The second-order valence-electron chi connectivity index (χ2n) is 6.33. The van der Waals surface area contributed by atoms with E-state index in [9.17, 15) is 24.4 Å². The molecule has 11 nitrogen and oxygen atoms in total. The second-order valence-corrected chi connectivity index (χ2v) is 7.57. The van der Waals surface area contributed by atoms with Gasteiger partial charge in [0.1, 0.15) is 18.3 Å². The van der Waals surface area contributed by atoms with Gasteiger partial charge in [0, 0.05) is 6.20 Å². The Hall–Kier alpha value is -2.37. The van der Waals surface area contributed by atoms with E-state index >= 15 is 0 Å². The Kier molecular flexibility index (Phi) is 6.30. The highest BCUT2D eigenvalue weighted by Crippen LogP contribution is 2.38. The number of aromatic amines is 1. The molecule has 0 saturated carbocycles. The molecule has 0 radical (unpaired) electrons. The minimum atomic E-state index is -4.82. The number of H-pyrrole nitrogens is 1. The number of aliphatic hydroxyl groups is 2. The van der Waals surface area contributed by atoms with Crippen LogP contribution in [-0.2, 0) is 13.8 Å². The standard InChI is InChI=1S/C17H19N2O9P/c20-13-12(9-27-29(24,25)26)28-16(14(13)21)19-8-11(15(22)18-17(19)23)7-6-10-4-2-1-3-5-10/h1-8,12-14,16,20-21H,9H2,(H,18,22,23)(H2,24,25,26)/t12-,13-,14-,16-/m1/s1. The maximum absolute atomic E-state index is 12.2. The number of nitrogens with one attached hydrogen (secondary N) is 1. The lowest BCUT2D eigenvalue weighted by atomic mass is 10.1. The van der Waals surface area contributed by atoms with Gasteiger partial charge >= 0.3 is 13.5 Å². The average molecular weight is 426 g/mol. The Morgan fingerprint density at radius 1 is 1.14 bits per heavy atom. The van der Waals surface area contributed by atoms with Crippen LogP contribution < -0.4 is 11.2 Å². The summed E-state index contributed by atoms with van der Waals surface area (Å²) in [7, 11) is -4.82. The van der Waals surface area contributed by atoms with Crippen LogP contribution in [0.25, 0.3) is 12.2 Å². The zero-order valence-electron chi connectivity index (χ0n) is 14.9. The molecule has 0 aliphatic carbocycles. The zero-order valence-corrected chi connectivity index (χ0v) is 15.8. The van der Waals surface area contributed by atoms with Crippen molar-refractivity contribution >= 4 is 20.0 Å². The van der Waals surface area contributed by atoms with Crippen LogP contribution in [0.1, 0.15) is 17.4 Å². The van der Waals surface area contributed by atoms with Crippen molar-refractivity contribution in [1.82, 2.24) is 9.55 Å². The van der Waals surface area contributed by atoms with Gasteiger partial charge in [-0.2, -0.15) is 0 Å². The molecule has 0 spiro atoms. The van der Waals surface area contributed by atoms with Crippen LogP contribution in [0.4, 0.5) is 0 Å². The second kappa shape index (κ2) is 8.56. The van der Waals surface area contributed by atoms with Crippen molar-refractivity contribution in [3.63, 3.8) is 0 Å². The number of hydrogen-bond donors (Lipinski definition) is 5. The van der Waals surface area contributed by atoms with E-state index in [4.69, 9.17) is 14.5 Å². The van der Waals surface area contributed by atoms with Crippen molar-refractivity contribution in [2.45, 2.75) is 24.5 Å². The molecule has 0 bridgehead atoms. The summed E-state index contributed by atoms with van der Waals surface area (Å²) in [4.78, 5) is 43.9. The lowest BCUT2D eigenvalue weighted by Crippen LogP contribution is -2.38. The molecule has 2 heterocycles. The van der Waals surface area contributed by atoms with Crippen LogP contribution in [0.15, 0.2) is 46.1 Å². The van der Waals surface area contributed by atoms with Crippen molar-refractivity contribution in [3.05, 3.63) is 68.5 Å². The number of rotatable bonds is 6. The van der Waals surface area contributed by atoms with E-state index in [1.54, 1.807) is 6.08 Å². The quantitative estimate of drug-likeness (QED) is 0.380. The van der Waals surface area contributed by atoms with E-state index in [1.165, 1.54) is 6.08 Å². The van der Waals surface area contributed by atoms with E-state index in [0.29, 0.717) is 0 Å². The first-order valence-electron chi connectivity index (χ1n) is 8.46. The number of nitrogens with zero attached hydrogens (tertiary/aromatic N) is 1. The number of phosphoric ester groups is 1. The lowest BCUT2D eigenvalue weighted by Gasteiger charge is -2.17. The SMILES string of the molecule is O=c1[nH]c(=O)n([C@@H]2O[C@H](COP(=O)(O)O)[C@@H](O)[C@H]2O)cc1C=Cc1ccccc1. The Morgan fingerprint density at radius 3 is 2.48 bits per heavy atom. The topological polar surface area (TPSA) is 171 Å². The molecule has 1 aromatic heterocycles. The van der Waals surface area contributed by atoms with Crippen LogP contribution in [0.2, 0.25) is 0 Å².